The molecule has 4 nitrogen and oxygen atoms in total. The number of aliphatic hydroxyl groups is 1. The number of rotatable bonds is 7. The Morgan fingerprint density at radius 1 is 0.943 bits per heavy atom. The van der Waals surface area contributed by atoms with Gasteiger partial charge in [-0.25, -0.2) is 13.2 Å². The summed E-state index contributed by atoms with van der Waals surface area (Å²) in [5, 5.41) is 9.16. The normalized spacial score (nSPS) is 17.7. The first kappa shape index (κ1) is 24.8. The molecule has 1 saturated carbocycles. The lowest BCUT2D eigenvalue weighted by atomic mass is 9.78. The molecule has 0 radical (unpaired) electrons. The minimum Gasteiger partial charge on any atom is -0.491 e. The van der Waals surface area contributed by atoms with Gasteiger partial charge in [0.05, 0.1) is 19.1 Å². The van der Waals surface area contributed by atoms with E-state index in [4.69, 9.17) is 14.6 Å². The van der Waals surface area contributed by atoms with E-state index in [1.165, 1.54) is 12.1 Å². The van der Waals surface area contributed by atoms with Gasteiger partial charge < -0.3 is 14.6 Å². The average Bonchev–Trinajstić information content (AvgIpc) is 2.87. The summed E-state index contributed by atoms with van der Waals surface area (Å²) in [5.41, 5.74) is 1.69. The average molecular weight is 485 g/mol. The monoisotopic (exact) mass is 484 g/mol. The van der Waals surface area contributed by atoms with Crippen LogP contribution in [-0.4, -0.2) is 17.7 Å². The summed E-state index contributed by atoms with van der Waals surface area (Å²) in [6.07, 6.45) is 1.96. The maximum Gasteiger partial charge on any atom is 0.314 e. The van der Waals surface area contributed by atoms with Gasteiger partial charge in [-0.05, 0) is 67.3 Å². The summed E-state index contributed by atoms with van der Waals surface area (Å²) >= 11 is 0. The Bertz CT molecular complexity index is 1190. The summed E-state index contributed by atoms with van der Waals surface area (Å²) in [7, 11) is 0. The summed E-state index contributed by atoms with van der Waals surface area (Å²) in [6.45, 7) is 1.95. The number of halogens is 3. The zero-order valence-electron chi connectivity index (χ0n) is 19.4. The van der Waals surface area contributed by atoms with Gasteiger partial charge in [0, 0.05) is 11.6 Å². The molecule has 1 fully saturated rings. The van der Waals surface area contributed by atoms with E-state index in [1.807, 2.05) is 0 Å². The van der Waals surface area contributed by atoms with Crippen molar-refractivity contribution in [1.29, 1.82) is 0 Å². The minimum atomic E-state index is -0.904. The number of aliphatic hydroxyl groups excluding tert-OH is 1. The van der Waals surface area contributed by atoms with Gasteiger partial charge in [0.2, 0.25) is 0 Å². The predicted molar refractivity (Wildman–Crippen MR) is 126 cm³/mol. The van der Waals surface area contributed by atoms with E-state index < -0.39 is 29.3 Å². The molecule has 1 aliphatic carbocycles. The maximum absolute atomic E-state index is 15.0. The van der Waals surface area contributed by atoms with Gasteiger partial charge in [-0.2, -0.15) is 0 Å². The molecule has 0 heterocycles. The summed E-state index contributed by atoms with van der Waals surface area (Å²) in [4.78, 5) is 12.6. The second-order valence-electron chi connectivity index (χ2n) is 8.68. The molecule has 1 aliphatic rings. The molecule has 3 aromatic carbocycles. The SMILES string of the molecule is CCOc1ccc(OC(=O)C2CCC(c3ccc(-c4ccc(CO)cc4)c(F)c3F)CC2)cc1F. The largest absolute Gasteiger partial charge is 0.491 e. The molecule has 1 N–H and O–H groups in total. The number of esters is 1. The van der Waals surface area contributed by atoms with Crippen LogP contribution in [0.25, 0.3) is 11.1 Å². The van der Waals surface area contributed by atoms with E-state index in [9.17, 15) is 18.0 Å². The lowest BCUT2D eigenvalue weighted by molar-refractivity contribution is -0.140. The Hall–Kier alpha value is -3.32. The molecule has 35 heavy (non-hydrogen) atoms. The van der Waals surface area contributed by atoms with Crippen molar-refractivity contribution in [3.8, 4) is 22.6 Å². The van der Waals surface area contributed by atoms with Crippen molar-refractivity contribution in [2.24, 2.45) is 5.92 Å². The number of carbonyl (C=O) groups is 1. The fourth-order valence-corrected chi connectivity index (χ4v) is 4.55. The van der Waals surface area contributed by atoms with Gasteiger partial charge >= 0.3 is 5.97 Å². The molecule has 0 bridgehead atoms. The first-order chi connectivity index (χ1) is 16.9. The van der Waals surface area contributed by atoms with Gasteiger partial charge in [-0.1, -0.05) is 36.4 Å². The van der Waals surface area contributed by atoms with Crippen LogP contribution in [0.2, 0.25) is 0 Å². The Kier molecular flexibility index (Phi) is 7.76. The highest BCUT2D eigenvalue weighted by Gasteiger charge is 2.31. The fourth-order valence-electron chi connectivity index (χ4n) is 4.55. The smallest absolute Gasteiger partial charge is 0.314 e. The van der Waals surface area contributed by atoms with Crippen molar-refractivity contribution >= 4 is 5.97 Å². The standard InChI is InChI=1S/C28H27F3O4/c1-2-34-25-14-11-21(15-24(25)29)35-28(33)20-9-7-19(8-10-20)23-13-12-22(26(30)27(23)31)18-5-3-17(16-32)4-6-18/h3-6,11-15,19-20,32H,2,7-10,16H2,1H3. The zero-order chi connectivity index (χ0) is 24.9. The third-order valence-corrected chi connectivity index (χ3v) is 6.48. The van der Waals surface area contributed by atoms with Crippen molar-refractivity contribution in [1.82, 2.24) is 0 Å². The molecule has 7 heteroatoms. The van der Waals surface area contributed by atoms with Gasteiger partial charge in [-0.3, -0.25) is 4.79 Å². The molecule has 0 atom stereocenters. The first-order valence-corrected chi connectivity index (χ1v) is 11.7. The van der Waals surface area contributed by atoms with Gasteiger partial charge in [0.1, 0.15) is 5.75 Å². The van der Waals surface area contributed by atoms with Crippen molar-refractivity contribution in [2.45, 2.75) is 45.1 Å². The van der Waals surface area contributed by atoms with Crippen LogP contribution in [0.3, 0.4) is 0 Å². The van der Waals surface area contributed by atoms with Crippen LogP contribution < -0.4 is 9.47 Å². The molecule has 4 rings (SSSR count). The van der Waals surface area contributed by atoms with Crippen molar-refractivity contribution in [3.05, 3.63) is 83.2 Å². The van der Waals surface area contributed by atoms with E-state index >= 15 is 0 Å². The van der Waals surface area contributed by atoms with Crippen molar-refractivity contribution in [2.75, 3.05) is 6.61 Å². The van der Waals surface area contributed by atoms with E-state index in [-0.39, 0.29) is 29.6 Å². The highest BCUT2D eigenvalue weighted by Crippen LogP contribution is 2.39. The maximum atomic E-state index is 15.0. The lowest BCUT2D eigenvalue weighted by Crippen LogP contribution is -2.25. The Morgan fingerprint density at radius 2 is 1.66 bits per heavy atom. The highest BCUT2D eigenvalue weighted by molar-refractivity contribution is 5.75. The quantitative estimate of drug-likeness (QED) is 0.306. The molecule has 3 aromatic rings. The third-order valence-electron chi connectivity index (χ3n) is 6.48. The van der Waals surface area contributed by atoms with Crippen LogP contribution in [0.5, 0.6) is 11.5 Å². The summed E-state index contributed by atoms with van der Waals surface area (Å²) < 4.78 is 54.4. The number of hydrogen-bond donors (Lipinski definition) is 1. The van der Waals surface area contributed by atoms with Gasteiger partial charge in [0.25, 0.3) is 0 Å². The van der Waals surface area contributed by atoms with E-state index in [0.29, 0.717) is 49.0 Å². The van der Waals surface area contributed by atoms with Crippen molar-refractivity contribution in [3.63, 3.8) is 0 Å². The molecule has 0 aromatic heterocycles. The van der Waals surface area contributed by atoms with Crippen LogP contribution in [0.15, 0.2) is 54.6 Å². The Morgan fingerprint density at radius 3 is 2.29 bits per heavy atom. The van der Waals surface area contributed by atoms with Crippen LogP contribution in [0, 0.1) is 23.4 Å². The van der Waals surface area contributed by atoms with Crippen LogP contribution in [0.1, 0.15) is 49.7 Å². The molecule has 184 valence electrons. The fraction of sp³-hybridized carbons (Fsp3) is 0.321. The molecular weight excluding hydrogens is 457 g/mol. The number of carbonyl (C=O) groups excluding carboxylic acids is 1. The Labute approximate surface area is 202 Å². The van der Waals surface area contributed by atoms with Crippen LogP contribution >= 0.6 is 0 Å². The second-order valence-corrected chi connectivity index (χ2v) is 8.68. The lowest BCUT2D eigenvalue weighted by Gasteiger charge is -2.28. The first-order valence-electron chi connectivity index (χ1n) is 11.7. The Balaban J connectivity index is 1.39. The number of benzene rings is 3. The molecule has 0 unspecified atom stereocenters. The molecule has 0 saturated heterocycles. The minimum absolute atomic E-state index is 0.0928. The molecule has 0 aliphatic heterocycles. The summed E-state index contributed by atoms with van der Waals surface area (Å²) in [6, 6.07) is 13.8. The summed E-state index contributed by atoms with van der Waals surface area (Å²) in [5.74, 6) is -3.24. The number of ether oxygens (including phenoxy) is 2. The van der Waals surface area contributed by atoms with Gasteiger partial charge in [-0.15, -0.1) is 0 Å². The highest BCUT2D eigenvalue weighted by atomic mass is 19.2. The third kappa shape index (κ3) is 5.51. The van der Waals surface area contributed by atoms with E-state index in [0.717, 1.165) is 6.07 Å². The van der Waals surface area contributed by atoms with Crippen LogP contribution in [-0.2, 0) is 11.4 Å². The molecular formula is C28H27F3O4. The predicted octanol–water partition coefficient (Wildman–Crippen LogP) is 6.54. The van der Waals surface area contributed by atoms with E-state index in [1.54, 1.807) is 43.3 Å². The van der Waals surface area contributed by atoms with Gasteiger partial charge in [0.15, 0.2) is 23.2 Å². The molecule has 0 spiro atoms. The molecule has 0 amide bonds. The van der Waals surface area contributed by atoms with E-state index in [2.05, 4.69) is 0 Å². The zero-order valence-corrected chi connectivity index (χ0v) is 19.4. The topological polar surface area (TPSA) is 55.8 Å². The number of hydrogen-bond acceptors (Lipinski definition) is 4. The van der Waals surface area contributed by atoms with Crippen molar-refractivity contribution < 1.29 is 32.5 Å². The second kappa shape index (κ2) is 11.0. The van der Waals surface area contributed by atoms with Crippen LogP contribution in [0.4, 0.5) is 13.2 Å².